The Morgan fingerprint density at radius 2 is 1.59 bits per heavy atom. The lowest BCUT2D eigenvalue weighted by Gasteiger charge is -2.17. The maximum Gasteiger partial charge on any atom is 0.164 e. The van der Waals surface area contributed by atoms with Gasteiger partial charge in [0.2, 0.25) is 0 Å². The van der Waals surface area contributed by atoms with Gasteiger partial charge in [-0.1, -0.05) is 35.3 Å². The van der Waals surface area contributed by atoms with Crippen LogP contribution in [-0.2, 0) is 4.74 Å². The third-order valence-electron chi connectivity index (χ3n) is 5.62. The molecule has 0 aliphatic carbocycles. The summed E-state index contributed by atoms with van der Waals surface area (Å²) in [5.74, 6) is 0.585. The number of aliphatic hydroxyl groups excluding tert-OH is 2. The van der Waals surface area contributed by atoms with Crippen molar-refractivity contribution < 1.29 is 14.9 Å². The highest BCUT2D eigenvalue weighted by atomic mass is 35.5. The lowest BCUT2D eigenvalue weighted by atomic mass is 10.1. The summed E-state index contributed by atoms with van der Waals surface area (Å²) < 4.78 is 7.61. The van der Waals surface area contributed by atoms with Gasteiger partial charge in [-0.05, 0) is 48.9 Å². The SMILES string of the molecule is C[C@H]1O[C@@H](n2cc(-c3ccc(Cl)cc3)c3c(Nc4ccc(Cl)cc4)ncnc32)[C@H](O)[C@@H]1O. The number of nitrogens with one attached hydrogen (secondary N) is 1. The second kappa shape index (κ2) is 8.35. The fourth-order valence-corrected chi connectivity index (χ4v) is 4.20. The molecular weight excluding hydrogens is 451 g/mol. The highest BCUT2D eigenvalue weighted by Crippen LogP contribution is 2.39. The second-order valence-corrected chi connectivity index (χ2v) is 8.60. The minimum Gasteiger partial charge on any atom is -0.388 e. The Balaban J connectivity index is 1.69. The van der Waals surface area contributed by atoms with Crippen LogP contribution in [0, 0.1) is 0 Å². The van der Waals surface area contributed by atoms with E-state index in [1.807, 2.05) is 42.6 Å². The summed E-state index contributed by atoms with van der Waals surface area (Å²) in [6.07, 6.45) is -0.0916. The molecule has 7 nitrogen and oxygen atoms in total. The van der Waals surface area contributed by atoms with Crippen molar-refractivity contribution >= 4 is 45.7 Å². The first-order valence-corrected chi connectivity index (χ1v) is 10.8. The van der Waals surface area contributed by atoms with Crippen molar-refractivity contribution in [3.8, 4) is 11.1 Å². The van der Waals surface area contributed by atoms with Crippen LogP contribution in [0.1, 0.15) is 13.2 Å². The van der Waals surface area contributed by atoms with E-state index in [1.165, 1.54) is 6.33 Å². The van der Waals surface area contributed by atoms with Crippen molar-refractivity contribution in [1.82, 2.24) is 14.5 Å². The van der Waals surface area contributed by atoms with Crippen LogP contribution in [-0.4, -0.2) is 43.1 Å². The predicted molar refractivity (Wildman–Crippen MR) is 124 cm³/mol. The maximum atomic E-state index is 10.6. The van der Waals surface area contributed by atoms with E-state index in [0.29, 0.717) is 21.5 Å². The standard InChI is InChI=1S/C23H20Cl2N4O3/c1-12-19(30)20(31)23(32-12)29-10-17(13-2-4-14(24)5-3-13)18-21(26-11-27-22(18)29)28-16-8-6-15(25)7-9-16/h2-12,19-20,23,30-31H,1H3,(H,26,27,28)/t12-,19-,20-,23-/m1/s1. The van der Waals surface area contributed by atoms with Crippen LogP contribution < -0.4 is 5.32 Å². The second-order valence-electron chi connectivity index (χ2n) is 7.72. The zero-order valence-electron chi connectivity index (χ0n) is 17.0. The molecule has 164 valence electrons. The zero-order valence-corrected chi connectivity index (χ0v) is 18.5. The molecule has 0 unspecified atom stereocenters. The Labute approximate surface area is 194 Å². The summed E-state index contributed by atoms with van der Waals surface area (Å²) in [5, 5.41) is 26.2. The number of ether oxygens (including phenoxy) is 1. The summed E-state index contributed by atoms with van der Waals surface area (Å²) in [4.78, 5) is 8.95. The van der Waals surface area contributed by atoms with Gasteiger partial charge in [-0.25, -0.2) is 9.97 Å². The molecule has 1 fully saturated rings. The Bertz CT molecular complexity index is 1260. The maximum absolute atomic E-state index is 10.6. The highest BCUT2D eigenvalue weighted by molar-refractivity contribution is 6.31. The number of nitrogens with zero attached hydrogens (tertiary/aromatic N) is 3. The van der Waals surface area contributed by atoms with Crippen LogP contribution in [0.25, 0.3) is 22.2 Å². The average Bonchev–Trinajstić information content (AvgIpc) is 3.29. The molecule has 32 heavy (non-hydrogen) atoms. The van der Waals surface area contributed by atoms with Crippen molar-refractivity contribution in [1.29, 1.82) is 0 Å². The van der Waals surface area contributed by atoms with Crippen LogP contribution in [0.15, 0.2) is 61.1 Å². The summed E-state index contributed by atoms with van der Waals surface area (Å²) in [6.45, 7) is 1.72. The minimum absolute atomic E-state index is 0.514. The van der Waals surface area contributed by atoms with Crippen LogP contribution in [0.3, 0.4) is 0 Å². The summed E-state index contributed by atoms with van der Waals surface area (Å²) in [6, 6.07) is 14.7. The van der Waals surface area contributed by atoms with Crippen LogP contribution in [0.4, 0.5) is 11.5 Å². The highest BCUT2D eigenvalue weighted by Gasteiger charge is 2.42. The zero-order chi connectivity index (χ0) is 22.4. The van der Waals surface area contributed by atoms with Gasteiger partial charge < -0.3 is 24.8 Å². The van der Waals surface area contributed by atoms with E-state index < -0.39 is 24.5 Å². The lowest BCUT2D eigenvalue weighted by Crippen LogP contribution is -2.30. The van der Waals surface area contributed by atoms with E-state index >= 15 is 0 Å². The van der Waals surface area contributed by atoms with E-state index in [1.54, 1.807) is 23.6 Å². The van der Waals surface area contributed by atoms with Crippen LogP contribution in [0.2, 0.25) is 10.0 Å². The largest absolute Gasteiger partial charge is 0.388 e. The predicted octanol–water partition coefficient (Wildman–Crippen LogP) is 4.79. The van der Waals surface area contributed by atoms with Crippen LogP contribution in [0.5, 0.6) is 0 Å². The lowest BCUT2D eigenvalue weighted by molar-refractivity contribution is -0.0295. The molecule has 0 saturated carbocycles. The fraction of sp³-hybridized carbons (Fsp3) is 0.217. The van der Waals surface area contributed by atoms with Crippen molar-refractivity contribution in [2.75, 3.05) is 5.32 Å². The number of hydrogen-bond donors (Lipinski definition) is 3. The summed E-state index contributed by atoms with van der Waals surface area (Å²) >= 11 is 12.1. The van der Waals surface area contributed by atoms with Gasteiger partial charge in [0.05, 0.1) is 11.5 Å². The van der Waals surface area contributed by atoms with Gasteiger partial charge in [-0.2, -0.15) is 0 Å². The number of fused-ring (bicyclic) bond motifs is 1. The number of rotatable bonds is 4. The first-order valence-electron chi connectivity index (χ1n) is 10.1. The van der Waals surface area contributed by atoms with Crippen molar-refractivity contribution in [2.45, 2.75) is 31.5 Å². The van der Waals surface area contributed by atoms with Gasteiger partial charge in [-0.3, -0.25) is 0 Å². The Hall–Kier alpha value is -2.68. The number of hydrogen-bond acceptors (Lipinski definition) is 6. The quantitative estimate of drug-likeness (QED) is 0.397. The van der Waals surface area contributed by atoms with Crippen molar-refractivity contribution in [3.63, 3.8) is 0 Å². The number of benzene rings is 2. The van der Waals surface area contributed by atoms with E-state index in [0.717, 1.165) is 22.2 Å². The molecule has 0 amide bonds. The molecule has 4 atom stereocenters. The summed E-state index contributed by atoms with van der Waals surface area (Å²) in [5.41, 5.74) is 3.10. The molecule has 5 rings (SSSR count). The van der Waals surface area contributed by atoms with E-state index in [-0.39, 0.29) is 0 Å². The van der Waals surface area contributed by atoms with Gasteiger partial charge in [0.25, 0.3) is 0 Å². The molecule has 3 heterocycles. The molecule has 3 N–H and O–H groups in total. The van der Waals surface area contributed by atoms with Gasteiger partial charge in [-0.15, -0.1) is 0 Å². The molecule has 2 aromatic carbocycles. The Kier molecular flexibility index (Phi) is 5.53. The fourth-order valence-electron chi connectivity index (χ4n) is 3.95. The number of aliphatic hydroxyl groups is 2. The van der Waals surface area contributed by atoms with Crippen molar-refractivity contribution in [3.05, 3.63) is 71.1 Å². The van der Waals surface area contributed by atoms with Gasteiger partial charge in [0, 0.05) is 27.5 Å². The molecule has 1 saturated heterocycles. The minimum atomic E-state index is -1.10. The molecule has 1 aliphatic rings. The van der Waals surface area contributed by atoms with Gasteiger partial charge in [0.15, 0.2) is 6.23 Å². The molecule has 2 aromatic heterocycles. The van der Waals surface area contributed by atoms with E-state index in [2.05, 4.69) is 15.3 Å². The van der Waals surface area contributed by atoms with E-state index in [9.17, 15) is 10.2 Å². The first-order chi connectivity index (χ1) is 15.4. The number of halogens is 2. The number of anilines is 2. The smallest absolute Gasteiger partial charge is 0.164 e. The monoisotopic (exact) mass is 470 g/mol. The third kappa shape index (κ3) is 3.72. The van der Waals surface area contributed by atoms with Gasteiger partial charge in [0.1, 0.15) is 30.0 Å². The van der Waals surface area contributed by atoms with Crippen molar-refractivity contribution in [2.24, 2.45) is 0 Å². The summed E-state index contributed by atoms with van der Waals surface area (Å²) in [7, 11) is 0. The first kappa shape index (κ1) is 21.2. The Morgan fingerprint density at radius 3 is 2.22 bits per heavy atom. The van der Waals surface area contributed by atoms with Crippen LogP contribution >= 0.6 is 23.2 Å². The third-order valence-corrected chi connectivity index (χ3v) is 6.13. The molecule has 4 aromatic rings. The molecule has 9 heteroatoms. The Morgan fingerprint density at radius 1 is 0.938 bits per heavy atom. The van der Waals surface area contributed by atoms with E-state index in [4.69, 9.17) is 27.9 Å². The molecular formula is C23H20Cl2N4O3. The normalized spacial score (nSPS) is 23.0. The molecule has 0 radical (unpaired) electrons. The number of aromatic nitrogens is 3. The average molecular weight is 471 g/mol. The molecule has 0 bridgehead atoms. The molecule has 1 aliphatic heterocycles. The molecule has 0 spiro atoms. The topological polar surface area (TPSA) is 92.4 Å². The van der Waals surface area contributed by atoms with Gasteiger partial charge >= 0.3 is 0 Å².